The van der Waals surface area contributed by atoms with E-state index < -0.39 is 33.5 Å². The number of hydrogen-bond donors (Lipinski definition) is 2. The van der Waals surface area contributed by atoms with Crippen molar-refractivity contribution in [3.05, 3.63) is 69.7 Å². The fraction of sp³-hybridized carbons (Fsp3) is 0.533. The number of nitrogens with one attached hydrogen (secondary N) is 1. The molecule has 0 unspecified atom stereocenters. The van der Waals surface area contributed by atoms with Gasteiger partial charge in [0.2, 0.25) is 15.9 Å². The van der Waals surface area contributed by atoms with Gasteiger partial charge in [0.1, 0.15) is 0 Å². The summed E-state index contributed by atoms with van der Waals surface area (Å²) in [4.78, 5) is 28.2. The number of benzene rings is 2. The maximum Gasteiger partial charge on any atom is 0.304 e. The van der Waals surface area contributed by atoms with Gasteiger partial charge >= 0.3 is 5.97 Å². The first-order valence-electron chi connectivity index (χ1n) is 14.0. The predicted molar refractivity (Wildman–Crippen MR) is 156 cm³/mol. The van der Waals surface area contributed by atoms with Gasteiger partial charge in [-0.3, -0.25) is 9.59 Å². The zero-order valence-electron chi connectivity index (χ0n) is 22.6. The van der Waals surface area contributed by atoms with E-state index >= 15 is 0 Å². The maximum atomic E-state index is 14.5. The topological polar surface area (TPSA) is 104 Å². The highest BCUT2D eigenvalue weighted by molar-refractivity contribution is 7.89. The number of amides is 1. The van der Waals surface area contributed by atoms with Crippen molar-refractivity contribution >= 4 is 45.1 Å². The number of carboxylic acids is 1. The van der Waals surface area contributed by atoms with E-state index in [-0.39, 0.29) is 36.3 Å². The first kappa shape index (κ1) is 29.4. The molecule has 40 heavy (non-hydrogen) atoms. The smallest absolute Gasteiger partial charge is 0.304 e. The second-order valence-electron chi connectivity index (χ2n) is 12.0. The summed E-state index contributed by atoms with van der Waals surface area (Å²) in [7, 11) is -3.69. The lowest BCUT2D eigenvalue weighted by Gasteiger charge is -2.52. The van der Waals surface area contributed by atoms with E-state index in [0.29, 0.717) is 22.5 Å². The number of carbonyl (C=O) groups is 2. The van der Waals surface area contributed by atoms with Gasteiger partial charge < -0.3 is 10.0 Å². The second-order valence-corrected chi connectivity index (χ2v) is 14.8. The molecule has 0 spiro atoms. The Morgan fingerprint density at radius 2 is 1.77 bits per heavy atom. The van der Waals surface area contributed by atoms with Crippen LogP contribution in [0, 0.1) is 17.3 Å². The monoisotopic (exact) mass is 606 g/mol. The molecule has 2 aromatic carbocycles. The number of likely N-dealkylation sites (tertiary alicyclic amines) is 1. The lowest BCUT2D eigenvalue weighted by molar-refractivity contribution is -0.160. The maximum absolute atomic E-state index is 14.5. The molecule has 3 aliphatic rings. The Morgan fingerprint density at radius 1 is 1.07 bits per heavy atom. The molecule has 0 radical (unpaired) electrons. The van der Waals surface area contributed by atoms with Crippen LogP contribution in [0.15, 0.2) is 48.5 Å². The van der Waals surface area contributed by atoms with Gasteiger partial charge in [-0.2, -0.15) is 0 Å². The summed E-state index contributed by atoms with van der Waals surface area (Å²) in [6.45, 7) is 2.11. The molecule has 1 aliphatic heterocycles. The molecule has 4 atom stereocenters. The van der Waals surface area contributed by atoms with Crippen LogP contribution in [-0.2, 0) is 19.6 Å². The first-order valence-corrected chi connectivity index (χ1v) is 16.4. The van der Waals surface area contributed by atoms with E-state index in [1.807, 2.05) is 30.3 Å². The number of hydrogen-bond acceptors (Lipinski definition) is 4. The summed E-state index contributed by atoms with van der Waals surface area (Å²) >= 11 is 12.6. The van der Waals surface area contributed by atoms with Crippen LogP contribution in [0.2, 0.25) is 10.0 Å². The van der Waals surface area contributed by atoms with Crippen LogP contribution >= 0.6 is 23.2 Å². The Bertz CT molecular complexity index is 1360. The molecule has 2 aromatic rings. The number of piperidine rings is 1. The van der Waals surface area contributed by atoms with Crippen LogP contribution < -0.4 is 4.72 Å². The van der Waals surface area contributed by atoms with Crippen molar-refractivity contribution in [3.63, 3.8) is 0 Å². The van der Waals surface area contributed by atoms with Gasteiger partial charge in [0.05, 0.1) is 29.7 Å². The van der Waals surface area contributed by atoms with Gasteiger partial charge in [0.25, 0.3) is 0 Å². The standard InChI is InChI=1S/C30H36Cl2N2O5S/c1-30(16-27(35)36)15-25(22-6-3-7-24(32)14-22)28(21-10-12-23(31)13-11-21)34(29(30)37)26(20-8-9-20)18-40(38,39)33-17-19-4-2-5-19/h3,6-7,10-14,19-20,25-26,28,33H,2,4-5,8-9,15-18H2,1H3,(H,35,36)/t25-,26-,28-,30-/m1/s1. The van der Waals surface area contributed by atoms with Gasteiger partial charge in [-0.1, -0.05) is 60.8 Å². The molecular formula is C30H36Cl2N2O5S. The van der Waals surface area contributed by atoms with Crippen molar-refractivity contribution < 1.29 is 23.1 Å². The molecule has 0 aromatic heterocycles. The molecule has 7 nitrogen and oxygen atoms in total. The van der Waals surface area contributed by atoms with Crippen LogP contribution in [0.4, 0.5) is 0 Å². The number of carboxylic acid groups (broad SMARTS) is 1. The Kier molecular flexibility index (Phi) is 8.54. The molecular weight excluding hydrogens is 571 g/mol. The highest BCUT2D eigenvalue weighted by Crippen LogP contribution is 2.54. The Labute approximate surface area is 246 Å². The van der Waals surface area contributed by atoms with Gasteiger partial charge in [0.15, 0.2) is 0 Å². The van der Waals surface area contributed by atoms with Crippen LogP contribution in [0.25, 0.3) is 0 Å². The molecule has 2 N–H and O–H groups in total. The molecule has 2 aliphatic carbocycles. The molecule has 10 heteroatoms. The second kappa shape index (κ2) is 11.6. The van der Waals surface area contributed by atoms with E-state index in [4.69, 9.17) is 23.2 Å². The van der Waals surface area contributed by atoms with E-state index in [9.17, 15) is 23.1 Å². The summed E-state index contributed by atoms with van der Waals surface area (Å²) in [6.07, 6.45) is 4.73. The molecule has 1 heterocycles. The zero-order chi connectivity index (χ0) is 28.7. The third kappa shape index (κ3) is 6.51. The minimum Gasteiger partial charge on any atom is -0.481 e. The summed E-state index contributed by atoms with van der Waals surface area (Å²) in [5.74, 6) is -1.53. The number of carbonyl (C=O) groups excluding carboxylic acids is 1. The summed E-state index contributed by atoms with van der Waals surface area (Å²) in [5, 5.41) is 10.9. The zero-order valence-corrected chi connectivity index (χ0v) is 24.9. The van der Waals surface area contributed by atoms with E-state index in [2.05, 4.69) is 4.72 Å². The van der Waals surface area contributed by atoms with Crippen molar-refractivity contribution in [2.75, 3.05) is 12.3 Å². The van der Waals surface area contributed by atoms with Crippen molar-refractivity contribution in [1.82, 2.24) is 9.62 Å². The van der Waals surface area contributed by atoms with E-state index in [0.717, 1.165) is 43.2 Å². The lowest BCUT2D eigenvalue weighted by atomic mass is 9.67. The van der Waals surface area contributed by atoms with Crippen molar-refractivity contribution in [3.8, 4) is 0 Å². The minimum absolute atomic E-state index is 0.0196. The molecule has 2 saturated carbocycles. The molecule has 1 amide bonds. The fourth-order valence-corrected chi connectivity index (χ4v) is 8.21. The average molecular weight is 608 g/mol. The number of sulfonamides is 1. The number of halogens is 2. The first-order chi connectivity index (χ1) is 19.0. The van der Waals surface area contributed by atoms with E-state index in [1.165, 1.54) is 0 Å². The van der Waals surface area contributed by atoms with Gasteiger partial charge in [-0.05, 0) is 79.3 Å². The van der Waals surface area contributed by atoms with E-state index in [1.54, 1.807) is 30.0 Å². The van der Waals surface area contributed by atoms with Crippen LogP contribution in [-0.4, -0.2) is 48.6 Å². The van der Waals surface area contributed by atoms with Crippen molar-refractivity contribution in [2.45, 2.75) is 69.9 Å². The number of nitrogens with zero attached hydrogens (tertiary/aromatic N) is 1. The Hall–Kier alpha value is -2.13. The SMILES string of the molecule is C[C@]1(CC(=O)O)C[C@H](c2cccc(Cl)c2)[C@@H](c2ccc(Cl)cc2)N([C@H](CS(=O)(=O)NCC2CCC2)C2CC2)C1=O. The van der Waals surface area contributed by atoms with Crippen LogP contribution in [0.5, 0.6) is 0 Å². The molecule has 5 rings (SSSR count). The van der Waals surface area contributed by atoms with Crippen molar-refractivity contribution in [2.24, 2.45) is 17.3 Å². The summed E-state index contributed by atoms with van der Waals surface area (Å²) < 4.78 is 29.6. The average Bonchev–Trinajstić information content (AvgIpc) is 3.69. The Balaban J connectivity index is 1.60. The summed E-state index contributed by atoms with van der Waals surface area (Å²) in [5.41, 5.74) is 0.477. The van der Waals surface area contributed by atoms with Gasteiger partial charge in [-0.25, -0.2) is 13.1 Å². The van der Waals surface area contributed by atoms with Crippen molar-refractivity contribution in [1.29, 1.82) is 0 Å². The molecule has 0 bridgehead atoms. The lowest BCUT2D eigenvalue weighted by Crippen LogP contribution is -2.58. The highest BCUT2D eigenvalue weighted by atomic mass is 35.5. The molecule has 1 saturated heterocycles. The van der Waals surface area contributed by atoms with Crippen LogP contribution in [0.3, 0.4) is 0 Å². The van der Waals surface area contributed by atoms with Gasteiger partial charge in [0, 0.05) is 22.5 Å². The fourth-order valence-electron chi connectivity index (χ4n) is 6.39. The molecule has 3 fully saturated rings. The Morgan fingerprint density at radius 3 is 2.35 bits per heavy atom. The number of rotatable bonds is 11. The van der Waals surface area contributed by atoms with Gasteiger partial charge in [-0.15, -0.1) is 0 Å². The molecule has 216 valence electrons. The number of aliphatic carboxylic acids is 1. The largest absolute Gasteiger partial charge is 0.481 e. The highest BCUT2D eigenvalue weighted by Gasteiger charge is 2.55. The minimum atomic E-state index is -3.69. The summed E-state index contributed by atoms with van der Waals surface area (Å²) in [6, 6.07) is 13.6. The third-order valence-electron chi connectivity index (χ3n) is 8.86. The third-order valence-corrected chi connectivity index (χ3v) is 10.7. The quantitative estimate of drug-likeness (QED) is 0.325. The van der Waals surface area contributed by atoms with Crippen LogP contribution in [0.1, 0.15) is 75.0 Å². The normalized spacial score (nSPS) is 26.4. The predicted octanol–water partition coefficient (Wildman–Crippen LogP) is 6.03.